The third kappa shape index (κ3) is 4.31. The Labute approximate surface area is 142 Å². The van der Waals surface area contributed by atoms with E-state index in [9.17, 15) is 9.59 Å². The first kappa shape index (κ1) is 17.9. The minimum atomic E-state index is -0.238. The molecule has 128 valence electrons. The number of aryl methyl sites for hydroxylation is 1. The van der Waals surface area contributed by atoms with Crippen LogP contribution in [0.4, 0.5) is 0 Å². The van der Waals surface area contributed by atoms with E-state index in [4.69, 9.17) is 0 Å². The molecule has 5 nitrogen and oxygen atoms in total. The van der Waals surface area contributed by atoms with Crippen molar-refractivity contribution in [2.24, 2.45) is 0 Å². The highest BCUT2D eigenvalue weighted by Gasteiger charge is 2.23. The summed E-state index contributed by atoms with van der Waals surface area (Å²) in [6.45, 7) is 4.08. The molecule has 0 spiro atoms. The maximum atomic E-state index is 12.9. The highest BCUT2D eigenvalue weighted by atomic mass is 16.2. The van der Waals surface area contributed by atoms with Crippen LogP contribution in [0.2, 0.25) is 0 Å². The van der Waals surface area contributed by atoms with E-state index in [0.29, 0.717) is 12.0 Å². The largest absolute Gasteiger partial charge is 0.335 e. The number of carbonyl (C=O) groups excluding carboxylic acids is 1. The van der Waals surface area contributed by atoms with Gasteiger partial charge < -0.3 is 9.88 Å². The van der Waals surface area contributed by atoms with Gasteiger partial charge in [0.25, 0.3) is 5.91 Å². The molecule has 0 aliphatic carbocycles. The molecule has 0 saturated heterocycles. The molecule has 2 aromatic heterocycles. The summed E-state index contributed by atoms with van der Waals surface area (Å²) >= 11 is 0. The molecule has 1 amide bonds. The fourth-order valence-corrected chi connectivity index (χ4v) is 2.81. The predicted octanol–water partition coefficient (Wildman–Crippen LogP) is 3.34. The van der Waals surface area contributed by atoms with E-state index >= 15 is 0 Å². The normalized spacial score (nSPS) is 12.0. The molecule has 0 aliphatic rings. The number of H-pyrrole nitrogens is 1. The molecule has 0 unspecified atom stereocenters. The lowest BCUT2D eigenvalue weighted by atomic mass is 10.0. The van der Waals surface area contributed by atoms with Gasteiger partial charge in [-0.05, 0) is 30.5 Å². The lowest BCUT2D eigenvalue weighted by Gasteiger charge is -2.28. The van der Waals surface area contributed by atoms with Crippen LogP contribution in [0.1, 0.15) is 60.8 Å². The molecule has 0 aromatic carbocycles. The second-order valence-corrected chi connectivity index (χ2v) is 5.97. The molecule has 2 heterocycles. The zero-order valence-electron chi connectivity index (χ0n) is 14.6. The van der Waals surface area contributed by atoms with E-state index < -0.39 is 0 Å². The number of pyridine rings is 2. The van der Waals surface area contributed by atoms with Crippen molar-refractivity contribution < 1.29 is 4.79 Å². The first-order valence-electron chi connectivity index (χ1n) is 8.47. The van der Waals surface area contributed by atoms with Crippen molar-refractivity contribution >= 4 is 5.91 Å². The van der Waals surface area contributed by atoms with Crippen LogP contribution in [0, 0.1) is 0 Å². The summed E-state index contributed by atoms with van der Waals surface area (Å²) in [5.41, 5.74) is 1.98. The van der Waals surface area contributed by atoms with Crippen LogP contribution >= 0.6 is 0 Å². The average Bonchev–Trinajstić information content (AvgIpc) is 2.61. The summed E-state index contributed by atoms with van der Waals surface area (Å²) in [7, 11) is 1.79. The fourth-order valence-electron chi connectivity index (χ4n) is 2.81. The third-order valence-corrected chi connectivity index (χ3v) is 4.22. The van der Waals surface area contributed by atoms with Gasteiger partial charge >= 0.3 is 0 Å². The summed E-state index contributed by atoms with van der Waals surface area (Å²) in [4.78, 5) is 33.3. The first-order chi connectivity index (χ1) is 11.6. The summed E-state index contributed by atoms with van der Waals surface area (Å²) in [5.74, 6) is -0.138. The molecule has 0 aliphatic heterocycles. The first-order valence-corrected chi connectivity index (χ1v) is 8.47. The van der Waals surface area contributed by atoms with Crippen LogP contribution in [0.5, 0.6) is 0 Å². The molecular weight excluding hydrogens is 302 g/mol. The maximum absolute atomic E-state index is 12.9. The summed E-state index contributed by atoms with van der Waals surface area (Å²) in [6, 6.07) is 6.97. The van der Waals surface area contributed by atoms with Crippen LogP contribution in [0.15, 0.2) is 41.5 Å². The third-order valence-electron chi connectivity index (χ3n) is 4.22. The SMILES string of the molecule is CCCC[C@@H](c1cccnc1)N(C)C(=O)c1cc(CC)[nH]c(=O)c1. The number of amides is 1. The van der Waals surface area contributed by atoms with Gasteiger partial charge in [-0.15, -0.1) is 0 Å². The van der Waals surface area contributed by atoms with E-state index in [2.05, 4.69) is 16.9 Å². The summed E-state index contributed by atoms with van der Waals surface area (Å²) in [5, 5.41) is 0. The van der Waals surface area contributed by atoms with E-state index in [1.54, 1.807) is 30.4 Å². The maximum Gasteiger partial charge on any atom is 0.254 e. The standard InChI is InChI=1S/C19H25N3O2/c1-4-6-9-17(14-8-7-10-20-13-14)22(3)19(24)15-11-16(5-2)21-18(23)12-15/h7-8,10-13,17H,4-6,9H2,1-3H3,(H,21,23)/t17-/m0/s1. The molecule has 0 fully saturated rings. The number of aromatic nitrogens is 2. The van der Waals surface area contributed by atoms with Crippen molar-refractivity contribution in [2.45, 2.75) is 45.6 Å². The van der Waals surface area contributed by atoms with Crippen LogP contribution in [-0.4, -0.2) is 27.8 Å². The quantitative estimate of drug-likeness (QED) is 0.848. The molecule has 2 rings (SSSR count). The zero-order valence-corrected chi connectivity index (χ0v) is 14.6. The van der Waals surface area contributed by atoms with Crippen LogP contribution < -0.4 is 5.56 Å². The molecule has 2 aromatic rings. The van der Waals surface area contributed by atoms with Gasteiger partial charge in [-0.3, -0.25) is 14.6 Å². The smallest absolute Gasteiger partial charge is 0.254 e. The summed E-state index contributed by atoms with van der Waals surface area (Å²) in [6.07, 6.45) is 7.17. The van der Waals surface area contributed by atoms with Gasteiger partial charge in [0.1, 0.15) is 0 Å². The minimum Gasteiger partial charge on any atom is -0.335 e. The highest BCUT2D eigenvalue weighted by Crippen LogP contribution is 2.26. The number of carbonyl (C=O) groups is 1. The van der Waals surface area contributed by atoms with E-state index in [-0.39, 0.29) is 17.5 Å². The van der Waals surface area contributed by atoms with E-state index in [0.717, 1.165) is 30.5 Å². The van der Waals surface area contributed by atoms with Gasteiger partial charge in [0, 0.05) is 36.8 Å². The lowest BCUT2D eigenvalue weighted by molar-refractivity contribution is 0.0719. The van der Waals surface area contributed by atoms with E-state index in [1.807, 2.05) is 19.1 Å². The number of hydrogen-bond acceptors (Lipinski definition) is 3. The predicted molar refractivity (Wildman–Crippen MR) is 95.0 cm³/mol. The van der Waals surface area contributed by atoms with Crippen molar-refractivity contribution in [2.75, 3.05) is 7.05 Å². The van der Waals surface area contributed by atoms with Gasteiger partial charge in [0.05, 0.1) is 6.04 Å². The topological polar surface area (TPSA) is 66.1 Å². The van der Waals surface area contributed by atoms with Gasteiger partial charge in [0.2, 0.25) is 5.56 Å². The average molecular weight is 327 g/mol. The Morgan fingerprint density at radius 3 is 2.75 bits per heavy atom. The summed E-state index contributed by atoms with van der Waals surface area (Å²) < 4.78 is 0. The van der Waals surface area contributed by atoms with Crippen molar-refractivity contribution in [3.05, 3.63) is 63.8 Å². The highest BCUT2D eigenvalue weighted by molar-refractivity contribution is 5.94. The van der Waals surface area contributed by atoms with Crippen molar-refractivity contribution in [1.29, 1.82) is 0 Å². The number of hydrogen-bond donors (Lipinski definition) is 1. The van der Waals surface area contributed by atoms with Crippen molar-refractivity contribution in [3.8, 4) is 0 Å². The molecule has 24 heavy (non-hydrogen) atoms. The van der Waals surface area contributed by atoms with Crippen molar-refractivity contribution in [1.82, 2.24) is 14.9 Å². The van der Waals surface area contributed by atoms with Crippen LogP contribution in [0.3, 0.4) is 0 Å². The molecule has 5 heteroatoms. The number of unbranched alkanes of at least 4 members (excludes halogenated alkanes) is 1. The van der Waals surface area contributed by atoms with Gasteiger partial charge in [-0.2, -0.15) is 0 Å². The Hall–Kier alpha value is -2.43. The lowest BCUT2D eigenvalue weighted by Crippen LogP contribution is -2.32. The Morgan fingerprint density at radius 2 is 2.12 bits per heavy atom. The minimum absolute atomic E-state index is 0.0458. The molecule has 0 saturated carbocycles. The zero-order chi connectivity index (χ0) is 17.5. The van der Waals surface area contributed by atoms with Gasteiger partial charge in [-0.1, -0.05) is 32.8 Å². The number of rotatable bonds is 7. The Balaban J connectivity index is 2.31. The molecule has 1 N–H and O–H groups in total. The second kappa shape index (κ2) is 8.43. The molecule has 1 atom stereocenters. The fraction of sp³-hybridized carbons (Fsp3) is 0.421. The van der Waals surface area contributed by atoms with Gasteiger partial charge in [-0.25, -0.2) is 0 Å². The number of nitrogens with one attached hydrogen (secondary N) is 1. The molecule has 0 bridgehead atoms. The Bertz CT molecular complexity index is 725. The second-order valence-electron chi connectivity index (χ2n) is 5.97. The number of nitrogens with zero attached hydrogens (tertiary/aromatic N) is 2. The van der Waals surface area contributed by atoms with Crippen LogP contribution in [0.25, 0.3) is 0 Å². The van der Waals surface area contributed by atoms with E-state index in [1.165, 1.54) is 6.07 Å². The monoisotopic (exact) mass is 327 g/mol. The Morgan fingerprint density at radius 1 is 1.33 bits per heavy atom. The van der Waals surface area contributed by atoms with Gasteiger partial charge in [0.15, 0.2) is 0 Å². The van der Waals surface area contributed by atoms with Crippen LogP contribution in [-0.2, 0) is 6.42 Å². The van der Waals surface area contributed by atoms with Crippen molar-refractivity contribution in [3.63, 3.8) is 0 Å². The number of aromatic amines is 1. The molecule has 0 radical (unpaired) electrons. The molecular formula is C19H25N3O2. The Kier molecular flexibility index (Phi) is 6.29.